The molecule has 3 N–H and O–H groups in total. The molecule has 6 heteroatoms. The number of hydrogen-bond donors (Lipinski definition) is 3. The molecule has 1 aromatic carbocycles. The predicted molar refractivity (Wildman–Crippen MR) is 77.1 cm³/mol. The highest BCUT2D eigenvalue weighted by Crippen LogP contribution is 2.30. The van der Waals surface area contributed by atoms with Crippen LogP contribution in [0.25, 0.3) is 0 Å². The number of carboxylic acid groups (broad SMARTS) is 1. The Kier molecular flexibility index (Phi) is 3.98. The van der Waals surface area contributed by atoms with E-state index in [1.165, 1.54) is 6.07 Å². The fourth-order valence-electron chi connectivity index (χ4n) is 2.31. The Morgan fingerprint density at radius 2 is 1.89 bits per heavy atom. The quantitative estimate of drug-likeness (QED) is 0.707. The van der Waals surface area contributed by atoms with Crippen LogP contribution in [0, 0.1) is 3.57 Å². The van der Waals surface area contributed by atoms with Crippen molar-refractivity contribution in [2.75, 3.05) is 0 Å². The van der Waals surface area contributed by atoms with Crippen LogP contribution in [0.3, 0.4) is 0 Å². The minimum Gasteiger partial charge on any atom is -0.507 e. The number of rotatable bonds is 3. The maximum atomic E-state index is 12.1. The van der Waals surface area contributed by atoms with Crippen LogP contribution in [0.15, 0.2) is 18.2 Å². The lowest BCUT2D eigenvalue weighted by atomic mass is 9.97. The fraction of sp³-hybridized carbons (Fsp3) is 0.385. The van der Waals surface area contributed by atoms with Gasteiger partial charge in [0.1, 0.15) is 11.3 Å². The van der Waals surface area contributed by atoms with Gasteiger partial charge in [-0.05, 0) is 53.6 Å². The van der Waals surface area contributed by atoms with Gasteiger partial charge in [-0.1, -0.05) is 12.8 Å². The summed E-state index contributed by atoms with van der Waals surface area (Å²) in [6, 6.07) is 4.54. The number of benzene rings is 1. The Hall–Kier alpha value is -1.31. The highest BCUT2D eigenvalue weighted by atomic mass is 127. The Morgan fingerprint density at radius 1 is 1.26 bits per heavy atom. The molecule has 0 aromatic heterocycles. The van der Waals surface area contributed by atoms with Crippen molar-refractivity contribution in [1.29, 1.82) is 0 Å². The standard InChI is InChI=1S/C13H14INO4/c14-9-4-3-8(7-10(9)16)11(17)15-13(12(18)19)5-1-2-6-13/h3-4,7,16H,1-2,5-6H2,(H,15,17)(H,18,19). The van der Waals surface area contributed by atoms with E-state index < -0.39 is 17.4 Å². The van der Waals surface area contributed by atoms with E-state index in [2.05, 4.69) is 5.32 Å². The van der Waals surface area contributed by atoms with Crippen molar-refractivity contribution in [1.82, 2.24) is 5.32 Å². The predicted octanol–water partition coefficient (Wildman–Crippen LogP) is 2.12. The van der Waals surface area contributed by atoms with Crippen molar-refractivity contribution >= 4 is 34.5 Å². The highest BCUT2D eigenvalue weighted by molar-refractivity contribution is 14.1. The lowest BCUT2D eigenvalue weighted by Gasteiger charge is -2.25. The van der Waals surface area contributed by atoms with E-state index in [0.717, 1.165) is 12.8 Å². The summed E-state index contributed by atoms with van der Waals surface area (Å²) in [6.45, 7) is 0. The number of phenols is 1. The Bertz CT molecular complexity index is 523. The van der Waals surface area contributed by atoms with Crippen molar-refractivity contribution in [2.45, 2.75) is 31.2 Å². The van der Waals surface area contributed by atoms with E-state index >= 15 is 0 Å². The summed E-state index contributed by atoms with van der Waals surface area (Å²) in [5, 5.41) is 21.5. The van der Waals surface area contributed by atoms with Gasteiger partial charge in [0.25, 0.3) is 5.91 Å². The van der Waals surface area contributed by atoms with Crippen LogP contribution in [0.1, 0.15) is 36.0 Å². The van der Waals surface area contributed by atoms with Crippen molar-refractivity contribution in [3.8, 4) is 5.75 Å². The Labute approximate surface area is 124 Å². The number of hydrogen-bond acceptors (Lipinski definition) is 3. The summed E-state index contributed by atoms with van der Waals surface area (Å²) < 4.78 is 0.642. The number of carboxylic acids is 1. The highest BCUT2D eigenvalue weighted by Gasteiger charge is 2.42. The van der Waals surface area contributed by atoms with Crippen LogP contribution in [0.4, 0.5) is 0 Å². The van der Waals surface area contributed by atoms with Crippen LogP contribution in [-0.4, -0.2) is 27.6 Å². The van der Waals surface area contributed by atoms with Gasteiger partial charge in [-0.3, -0.25) is 4.79 Å². The van der Waals surface area contributed by atoms with Gasteiger partial charge in [-0.15, -0.1) is 0 Å². The van der Waals surface area contributed by atoms with E-state index in [0.29, 0.717) is 16.4 Å². The van der Waals surface area contributed by atoms with Gasteiger partial charge in [0, 0.05) is 5.56 Å². The van der Waals surface area contributed by atoms with Gasteiger partial charge in [-0.25, -0.2) is 4.79 Å². The van der Waals surface area contributed by atoms with Gasteiger partial charge in [0.2, 0.25) is 0 Å². The lowest BCUT2D eigenvalue weighted by Crippen LogP contribution is -2.52. The fourth-order valence-corrected chi connectivity index (χ4v) is 2.65. The number of halogens is 1. The van der Waals surface area contributed by atoms with Gasteiger partial charge < -0.3 is 15.5 Å². The first-order chi connectivity index (χ1) is 8.94. The van der Waals surface area contributed by atoms with E-state index in [1.54, 1.807) is 12.1 Å². The van der Waals surface area contributed by atoms with Crippen LogP contribution in [0.5, 0.6) is 5.75 Å². The first-order valence-corrected chi connectivity index (χ1v) is 7.07. The molecule has 1 aliphatic rings. The summed E-state index contributed by atoms with van der Waals surface area (Å²) >= 11 is 1.95. The largest absolute Gasteiger partial charge is 0.507 e. The molecular formula is C13H14INO4. The molecule has 0 bridgehead atoms. The van der Waals surface area contributed by atoms with Crippen LogP contribution < -0.4 is 5.32 Å². The summed E-state index contributed by atoms with van der Waals surface area (Å²) in [7, 11) is 0. The number of carbonyl (C=O) groups is 2. The normalized spacial score (nSPS) is 17.1. The second kappa shape index (κ2) is 5.36. The van der Waals surface area contributed by atoms with Crippen LogP contribution >= 0.6 is 22.6 Å². The van der Waals surface area contributed by atoms with Crippen molar-refractivity contribution in [3.05, 3.63) is 27.3 Å². The second-order valence-corrected chi connectivity index (χ2v) is 5.88. The van der Waals surface area contributed by atoms with Crippen molar-refractivity contribution in [3.63, 3.8) is 0 Å². The molecule has 19 heavy (non-hydrogen) atoms. The molecule has 1 fully saturated rings. The average Bonchev–Trinajstić information content (AvgIpc) is 2.82. The maximum Gasteiger partial charge on any atom is 0.329 e. The summed E-state index contributed by atoms with van der Waals surface area (Å²) in [5.41, 5.74) is -0.888. The molecule has 1 aromatic rings. The molecule has 102 valence electrons. The molecule has 1 saturated carbocycles. The van der Waals surface area contributed by atoms with E-state index in [9.17, 15) is 19.8 Å². The summed E-state index contributed by atoms with van der Waals surface area (Å²) in [6.07, 6.45) is 2.49. The van der Waals surface area contributed by atoms with Gasteiger partial charge in [0.15, 0.2) is 0 Å². The molecule has 0 unspecified atom stereocenters. The SMILES string of the molecule is O=C(NC1(C(=O)O)CCCC1)c1ccc(I)c(O)c1. The van der Waals surface area contributed by atoms with Crippen molar-refractivity contribution in [2.24, 2.45) is 0 Å². The molecular weight excluding hydrogens is 361 g/mol. The second-order valence-electron chi connectivity index (χ2n) is 4.71. The zero-order valence-corrected chi connectivity index (χ0v) is 12.3. The Balaban J connectivity index is 2.20. The minimum atomic E-state index is -1.16. The molecule has 0 heterocycles. The summed E-state index contributed by atoms with van der Waals surface area (Å²) in [4.78, 5) is 23.4. The van der Waals surface area contributed by atoms with Gasteiger partial charge in [-0.2, -0.15) is 0 Å². The Morgan fingerprint density at radius 3 is 2.42 bits per heavy atom. The molecule has 1 amide bonds. The van der Waals surface area contributed by atoms with Crippen LogP contribution in [-0.2, 0) is 4.79 Å². The van der Waals surface area contributed by atoms with E-state index in [-0.39, 0.29) is 11.3 Å². The molecule has 2 rings (SSSR count). The smallest absolute Gasteiger partial charge is 0.329 e. The maximum absolute atomic E-state index is 12.1. The van der Waals surface area contributed by atoms with E-state index in [1.807, 2.05) is 22.6 Å². The molecule has 0 spiro atoms. The number of nitrogens with one attached hydrogen (secondary N) is 1. The average molecular weight is 375 g/mol. The third-order valence-corrected chi connectivity index (χ3v) is 4.34. The molecule has 0 radical (unpaired) electrons. The summed E-state index contributed by atoms with van der Waals surface area (Å²) in [5.74, 6) is -1.44. The minimum absolute atomic E-state index is 0.0176. The first kappa shape index (κ1) is 14.1. The zero-order chi connectivity index (χ0) is 14.0. The van der Waals surface area contributed by atoms with Crippen molar-refractivity contribution < 1.29 is 19.8 Å². The molecule has 0 atom stereocenters. The number of aromatic hydroxyl groups is 1. The molecule has 1 aliphatic carbocycles. The molecule has 0 saturated heterocycles. The number of carbonyl (C=O) groups excluding carboxylic acids is 1. The molecule has 5 nitrogen and oxygen atoms in total. The third-order valence-electron chi connectivity index (χ3n) is 3.43. The van der Waals surface area contributed by atoms with E-state index in [4.69, 9.17) is 0 Å². The van der Waals surface area contributed by atoms with Gasteiger partial charge in [0.05, 0.1) is 3.57 Å². The van der Waals surface area contributed by atoms with Crippen LogP contribution in [0.2, 0.25) is 0 Å². The number of aliphatic carboxylic acids is 1. The zero-order valence-electron chi connectivity index (χ0n) is 10.1. The first-order valence-electron chi connectivity index (χ1n) is 5.99. The third kappa shape index (κ3) is 2.83. The van der Waals surface area contributed by atoms with Gasteiger partial charge >= 0.3 is 5.97 Å². The lowest BCUT2D eigenvalue weighted by molar-refractivity contribution is -0.144. The monoisotopic (exact) mass is 375 g/mol. The topological polar surface area (TPSA) is 86.6 Å². The number of amides is 1. The molecule has 0 aliphatic heterocycles. The number of phenolic OH excluding ortho intramolecular Hbond substituents is 1.